The van der Waals surface area contributed by atoms with Gasteiger partial charge in [0.2, 0.25) is 0 Å². The fourth-order valence-electron chi connectivity index (χ4n) is 1.74. The molecule has 3 aromatic rings. The van der Waals surface area contributed by atoms with Gasteiger partial charge in [0.25, 0.3) is 5.91 Å². The summed E-state index contributed by atoms with van der Waals surface area (Å²) in [5, 5.41) is 17.7. The second-order valence-electron chi connectivity index (χ2n) is 4.13. The van der Waals surface area contributed by atoms with Gasteiger partial charge in [0.05, 0.1) is 5.69 Å². The van der Waals surface area contributed by atoms with Crippen molar-refractivity contribution in [1.29, 1.82) is 0 Å². The number of anilines is 1. The van der Waals surface area contributed by atoms with Crippen LogP contribution >= 0.6 is 0 Å². The van der Waals surface area contributed by atoms with Gasteiger partial charge < -0.3 is 5.32 Å². The molecule has 0 unspecified atom stereocenters. The van der Waals surface area contributed by atoms with Gasteiger partial charge >= 0.3 is 0 Å². The van der Waals surface area contributed by atoms with Gasteiger partial charge in [0.1, 0.15) is 6.33 Å². The molecular formula is C12H11N7O. The van der Waals surface area contributed by atoms with E-state index in [1.165, 1.54) is 11.0 Å². The van der Waals surface area contributed by atoms with Crippen molar-refractivity contribution < 1.29 is 4.79 Å². The average molecular weight is 269 g/mol. The number of benzene rings is 1. The summed E-state index contributed by atoms with van der Waals surface area (Å²) < 4.78 is 3.10. The molecular weight excluding hydrogens is 258 g/mol. The molecule has 1 aromatic carbocycles. The number of hydrogen-bond acceptors (Lipinski definition) is 5. The number of carbonyl (C=O) groups is 1. The summed E-state index contributed by atoms with van der Waals surface area (Å²) in [6.45, 7) is 0. The Kier molecular flexibility index (Phi) is 2.96. The van der Waals surface area contributed by atoms with Gasteiger partial charge in [-0.15, -0.1) is 5.10 Å². The van der Waals surface area contributed by atoms with Crippen molar-refractivity contribution in [2.24, 2.45) is 7.05 Å². The third kappa shape index (κ3) is 2.39. The van der Waals surface area contributed by atoms with E-state index in [1.54, 1.807) is 42.2 Å². The van der Waals surface area contributed by atoms with Crippen molar-refractivity contribution in [2.45, 2.75) is 0 Å². The van der Waals surface area contributed by atoms with Crippen LogP contribution < -0.4 is 5.32 Å². The first-order valence-electron chi connectivity index (χ1n) is 5.87. The Morgan fingerprint density at radius 2 is 2.20 bits per heavy atom. The second kappa shape index (κ2) is 4.92. The molecule has 0 fully saturated rings. The van der Waals surface area contributed by atoms with Crippen molar-refractivity contribution in [3.05, 3.63) is 48.4 Å². The van der Waals surface area contributed by atoms with Crippen molar-refractivity contribution in [3.63, 3.8) is 0 Å². The van der Waals surface area contributed by atoms with E-state index in [9.17, 15) is 4.79 Å². The first-order chi connectivity index (χ1) is 9.72. The van der Waals surface area contributed by atoms with Crippen molar-refractivity contribution in [1.82, 2.24) is 30.0 Å². The predicted octanol–water partition coefficient (Wildman–Crippen LogP) is 0.648. The zero-order chi connectivity index (χ0) is 13.9. The fraction of sp³-hybridized carbons (Fsp3) is 0.0833. The number of rotatable bonds is 3. The van der Waals surface area contributed by atoms with Crippen molar-refractivity contribution in [2.75, 3.05) is 5.32 Å². The van der Waals surface area contributed by atoms with E-state index in [1.807, 2.05) is 6.07 Å². The number of tetrazole rings is 1. The third-order valence-electron chi connectivity index (χ3n) is 2.68. The quantitative estimate of drug-likeness (QED) is 0.753. The Balaban J connectivity index is 1.83. The molecule has 2 heterocycles. The molecule has 100 valence electrons. The predicted molar refractivity (Wildman–Crippen MR) is 70.3 cm³/mol. The molecule has 0 saturated carbocycles. The number of nitrogens with one attached hydrogen (secondary N) is 1. The molecule has 0 atom stereocenters. The van der Waals surface area contributed by atoms with Crippen LogP contribution in [0.4, 0.5) is 5.82 Å². The molecule has 0 aliphatic carbocycles. The molecule has 3 rings (SSSR count). The zero-order valence-corrected chi connectivity index (χ0v) is 10.6. The molecule has 0 spiro atoms. The first kappa shape index (κ1) is 12.0. The maximum Gasteiger partial charge on any atom is 0.256 e. The fourth-order valence-corrected chi connectivity index (χ4v) is 1.74. The van der Waals surface area contributed by atoms with E-state index in [-0.39, 0.29) is 5.91 Å². The van der Waals surface area contributed by atoms with Gasteiger partial charge in [0, 0.05) is 24.9 Å². The minimum atomic E-state index is -0.237. The van der Waals surface area contributed by atoms with Crippen LogP contribution in [0.3, 0.4) is 0 Å². The van der Waals surface area contributed by atoms with Crippen molar-refractivity contribution >= 4 is 11.7 Å². The lowest BCUT2D eigenvalue weighted by molar-refractivity contribution is 0.102. The molecule has 2 aromatic heterocycles. The van der Waals surface area contributed by atoms with Crippen LogP contribution in [0.2, 0.25) is 0 Å². The van der Waals surface area contributed by atoms with Gasteiger partial charge in [-0.2, -0.15) is 5.10 Å². The van der Waals surface area contributed by atoms with Gasteiger partial charge in [-0.1, -0.05) is 6.07 Å². The summed E-state index contributed by atoms with van der Waals surface area (Å²) in [6, 6.07) is 8.72. The second-order valence-corrected chi connectivity index (χ2v) is 4.13. The average Bonchev–Trinajstić information content (AvgIpc) is 3.11. The Morgan fingerprint density at radius 1 is 1.30 bits per heavy atom. The van der Waals surface area contributed by atoms with Gasteiger partial charge in [-0.3, -0.25) is 9.48 Å². The summed E-state index contributed by atoms with van der Waals surface area (Å²) in [6.07, 6.45) is 3.23. The van der Waals surface area contributed by atoms with E-state index < -0.39 is 0 Å². The highest BCUT2D eigenvalue weighted by molar-refractivity contribution is 6.04. The molecule has 8 heteroatoms. The van der Waals surface area contributed by atoms with E-state index >= 15 is 0 Å². The monoisotopic (exact) mass is 269 g/mol. The molecule has 0 saturated heterocycles. The molecule has 1 amide bonds. The summed E-state index contributed by atoms with van der Waals surface area (Å²) in [5.41, 5.74) is 1.22. The van der Waals surface area contributed by atoms with Crippen LogP contribution in [-0.2, 0) is 7.05 Å². The number of amides is 1. The Hall–Kier alpha value is -3.03. The minimum Gasteiger partial charge on any atom is -0.305 e. The lowest BCUT2D eigenvalue weighted by Crippen LogP contribution is -2.13. The first-order valence-corrected chi connectivity index (χ1v) is 5.87. The van der Waals surface area contributed by atoms with E-state index in [0.29, 0.717) is 17.1 Å². The van der Waals surface area contributed by atoms with Crippen LogP contribution in [0.25, 0.3) is 5.69 Å². The van der Waals surface area contributed by atoms with Crippen molar-refractivity contribution in [3.8, 4) is 5.69 Å². The Bertz CT molecular complexity index is 732. The normalized spacial score (nSPS) is 10.4. The molecule has 0 aliphatic heterocycles. The van der Waals surface area contributed by atoms with E-state index in [0.717, 1.165) is 0 Å². The highest BCUT2D eigenvalue weighted by Gasteiger charge is 2.09. The maximum absolute atomic E-state index is 12.1. The maximum atomic E-state index is 12.1. The number of nitrogens with zero attached hydrogens (tertiary/aromatic N) is 6. The molecule has 20 heavy (non-hydrogen) atoms. The van der Waals surface area contributed by atoms with E-state index in [4.69, 9.17) is 0 Å². The highest BCUT2D eigenvalue weighted by atomic mass is 16.1. The zero-order valence-electron chi connectivity index (χ0n) is 10.6. The molecule has 8 nitrogen and oxygen atoms in total. The number of carbonyl (C=O) groups excluding carboxylic acids is 1. The standard InChI is InChI=1S/C12H11N7O/c1-18-6-5-11(15-18)14-12(20)9-3-2-4-10(7-9)19-8-13-16-17-19/h2-8H,1H3,(H,14,15,20). The molecule has 0 bridgehead atoms. The number of hydrogen-bond donors (Lipinski definition) is 1. The lowest BCUT2D eigenvalue weighted by atomic mass is 10.2. The Morgan fingerprint density at radius 3 is 2.90 bits per heavy atom. The van der Waals surface area contributed by atoms with Crippen LogP contribution in [0, 0.1) is 0 Å². The number of aryl methyl sites for hydroxylation is 1. The summed E-state index contributed by atoms with van der Waals surface area (Å²) in [5.74, 6) is 0.268. The SMILES string of the molecule is Cn1ccc(NC(=O)c2cccc(-n3cnnn3)c2)n1. The number of aromatic nitrogens is 6. The highest BCUT2D eigenvalue weighted by Crippen LogP contribution is 2.11. The van der Waals surface area contributed by atoms with Gasteiger partial charge in [-0.05, 0) is 28.6 Å². The van der Waals surface area contributed by atoms with Gasteiger partial charge in [-0.25, -0.2) is 4.68 Å². The Labute approximate surface area is 114 Å². The van der Waals surface area contributed by atoms with Crippen LogP contribution in [0.1, 0.15) is 10.4 Å². The molecule has 0 radical (unpaired) electrons. The van der Waals surface area contributed by atoms with Gasteiger partial charge in [0.15, 0.2) is 5.82 Å². The van der Waals surface area contributed by atoms with Crippen LogP contribution in [0.5, 0.6) is 0 Å². The molecule has 1 N–H and O–H groups in total. The van der Waals surface area contributed by atoms with Crippen LogP contribution in [-0.4, -0.2) is 35.9 Å². The summed E-state index contributed by atoms with van der Waals surface area (Å²) in [7, 11) is 1.79. The minimum absolute atomic E-state index is 0.237. The van der Waals surface area contributed by atoms with Crippen LogP contribution in [0.15, 0.2) is 42.9 Å². The molecule has 0 aliphatic rings. The largest absolute Gasteiger partial charge is 0.305 e. The summed E-state index contributed by atoms with van der Waals surface area (Å²) >= 11 is 0. The smallest absolute Gasteiger partial charge is 0.256 e. The third-order valence-corrected chi connectivity index (χ3v) is 2.68. The summed E-state index contributed by atoms with van der Waals surface area (Å²) in [4.78, 5) is 12.1. The topological polar surface area (TPSA) is 90.5 Å². The lowest BCUT2D eigenvalue weighted by Gasteiger charge is -2.04. The van der Waals surface area contributed by atoms with E-state index in [2.05, 4.69) is 25.9 Å².